The van der Waals surface area contributed by atoms with E-state index < -0.39 is 0 Å². The molecule has 2 aromatic heterocycles. The first-order valence-corrected chi connectivity index (χ1v) is 7.28. The van der Waals surface area contributed by atoms with Crippen molar-refractivity contribution in [3.8, 4) is 0 Å². The fourth-order valence-electron chi connectivity index (χ4n) is 2.54. The lowest BCUT2D eigenvalue weighted by Gasteiger charge is -2.20. The summed E-state index contributed by atoms with van der Waals surface area (Å²) in [7, 11) is 1.93. The first-order valence-electron chi connectivity index (χ1n) is 6.49. The van der Waals surface area contributed by atoms with Crippen molar-refractivity contribution in [2.45, 2.75) is 25.5 Å². The summed E-state index contributed by atoms with van der Waals surface area (Å²) in [5.41, 5.74) is 2.14. The Morgan fingerprint density at radius 2 is 2.35 bits per heavy atom. The van der Waals surface area contributed by atoms with Gasteiger partial charge in [0, 0.05) is 31.6 Å². The van der Waals surface area contributed by atoms with E-state index in [1.165, 1.54) is 6.33 Å². The molecule has 0 radical (unpaired) electrons. The van der Waals surface area contributed by atoms with Crippen molar-refractivity contribution in [3.63, 3.8) is 0 Å². The molecule has 0 unspecified atom stereocenters. The lowest BCUT2D eigenvalue weighted by Crippen LogP contribution is -2.24. The molecular weight excluding hydrogens is 322 g/mol. The standard InChI is InChI=1S/C13H16BrN5O/c1-8-9(6-19(2)18-8)12-11(3-4-20-12)17-13-10(14)5-15-7-16-13/h5-7,11-12H,3-4H2,1-2H3,(H,15,16,17)/t11-,12+/m0/s1. The van der Waals surface area contributed by atoms with Gasteiger partial charge in [-0.15, -0.1) is 0 Å². The quantitative estimate of drug-likeness (QED) is 0.930. The predicted molar refractivity (Wildman–Crippen MR) is 78.4 cm³/mol. The predicted octanol–water partition coefficient (Wildman–Crippen LogP) is 2.22. The second-order valence-electron chi connectivity index (χ2n) is 4.89. The van der Waals surface area contributed by atoms with Crippen molar-refractivity contribution in [1.29, 1.82) is 0 Å². The molecule has 1 aliphatic rings. The van der Waals surface area contributed by atoms with Crippen LogP contribution in [0.5, 0.6) is 0 Å². The van der Waals surface area contributed by atoms with E-state index in [9.17, 15) is 0 Å². The van der Waals surface area contributed by atoms with Gasteiger partial charge in [0.25, 0.3) is 0 Å². The fourth-order valence-corrected chi connectivity index (χ4v) is 2.87. The van der Waals surface area contributed by atoms with E-state index in [2.05, 4.69) is 36.3 Å². The maximum absolute atomic E-state index is 5.88. The van der Waals surface area contributed by atoms with Crippen LogP contribution in [0.4, 0.5) is 5.82 Å². The summed E-state index contributed by atoms with van der Waals surface area (Å²) in [6.07, 6.45) is 6.23. The minimum atomic E-state index is 0.00515. The number of nitrogens with zero attached hydrogens (tertiary/aromatic N) is 4. The van der Waals surface area contributed by atoms with Crippen LogP contribution in [-0.4, -0.2) is 32.4 Å². The molecule has 7 heteroatoms. The minimum absolute atomic E-state index is 0.00515. The summed E-state index contributed by atoms with van der Waals surface area (Å²) in [4.78, 5) is 8.22. The van der Waals surface area contributed by atoms with Gasteiger partial charge in [0.15, 0.2) is 0 Å². The van der Waals surface area contributed by atoms with E-state index in [0.717, 1.165) is 34.6 Å². The van der Waals surface area contributed by atoms with Crippen LogP contribution in [0.25, 0.3) is 0 Å². The van der Waals surface area contributed by atoms with Gasteiger partial charge in [-0.2, -0.15) is 5.10 Å². The molecule has 3 heterocycles. The second kappa shape index (κ2) is 5.49. The fraction of sp³-hybridized carbons (Fsp3) is 0.462. The zero-order valence-corrected chi connectivity index (χ0v) is 13.0. The lowest BCUT2D eigenvalue weighted by atomic mass is 10.0. The third kappa shape index (κ3) is 2.55. The number of rotatable bonds is 3. The average Bonchev–Trinajstić information content (AvgIpc) is 2.98. The number of hydrogen-bond donors (Lipinski definition) is 1. The smallest absolute Gasteiger partial charge is 0.144 e. The Morgan fingerprint density at radius 1 is 1.50 bits per heavy atom. The molecule has 0 aromatic carbocycles. The van der Waals surface area contributed by atoms with Crippen LogP contribution in [0.1, 0.15) is 23.8 Å². The summed E-state index contributed by atoms with van der Waals surface area (Å²) in [5, 5.41) is 7.82. The molecule has 2 atom stereocenters. The number of anilines is 1. The van der Waals surface area contributed by atoms with Crippen molar-refractivity contribution in [2.24, 2.45) is 7.05 Å². The van der Waals surface area contributed by atoms with Crippen molar-refractivity contribution in [2.75, 3.05) is 11.9 Å². The van der Waals surface area contributed by atoms with E-state index in [1.54, 1.807) is 6.20 Å². The number of halogens is 1. The number of nitrogens with one attached hydrogen (secondary N) is 1. The Balaban J connectivity index is 1.83. The molecule has 1 N–H and O–H groups in total. The van der Waals surface area contributed by atoms with E-state index in [0.29, 0.717) is 0 Å². The Labute approximate surface area is 125 Å². The lowest BCUT2D eigenvalue weighted by molar-refractivity contribution is 0.107. The van der Waals surface area contributed by atoms with Crippen LogP contribution in [0.3, 0.4) is 0 Å². The molecule has 1 saturated heterocycles. The largest absolute Gasteiger partial charge is 0.371 e. The summed E-state index contributed by atoms with van der Waals surface area (Å²) in [6.45, 7) is 2.74. The molecule has 1 aliphatic heterocycles. The second-order valence-corrected chi connectivity index (χ2v) is 5.75. The number of aryl methyl sites for hydroxylation is 2. The Morgan fingerprint density at radius 3 is 3.05 bits per heavy atom. The van der Waals surface area contributed by atoms with Gasteiger partial charge in [0.2, 0.25) is 0 Å². The first-order chi connectivity index (χ1) is 9.65. The van der Waals surface area contributed by atoms with Crippen LogP contribution in [0.15, 0.2) is 23.2 Å². The van der Waals surface area contributed by atoms with Crippen molar-refractivity contribution < 1.29 is 4.74 Å². The molecule has 2 aromatic rings. The normalized spacial score (nSPS) is 22.1. The van der Waals surface area contributed by atoms with E-state index in [4.69, 9.17) is 4.74 Å². The molecule has 0 bridgehead atoms. The Kier molecular flexibility index (Phi) is 3.71. The van der Waals surface area contributed by atoms with Gasteiger partial charge in [0.05, 0.1) is 16.2 Å². The van der Waals surface area contributed by atoms with Gasteiger partial charge in [-0.3, -0.25) is 4.68 Å². The third-order valence-corrected chi connectivity index (χ3v) is 4.02. The van der Waals surface area contributed by atoms with Gasteiger partial charge < -0.3 is 10.1 Å². The summed E-state index contributed by atoms with van der Waals surface area (Å²) >= 11 is 3.45. The van der Waals surface area contributed by atoms with Gasteiger partial charge in [-0.1, -0.05) is 0 Å². The molecule has 1 fully saturated rings. The topological polar surface area (TPSA) is 64.9 Å². The van der Waals surface area contributed by atoms with E-state index in [-0.39, 0.29) is 12.1 Å². The highest BCUT2D eigenvalue weighted by Gasteiger charge is 2.32. The zero-order chi connectivity index (χ0) is 14.1. The SMILES string of the molecule is Cc1nn(C)cc1[C@H]1OCC[C@@H]1Nc1ncncc1Br. The van der Waals surface area contributed by atoms with E-state index in [1.807, 2.05) is 24.9 Å². The van der Waals surface area contributed by atoms with Crippen molar-refractivity contribution in [1.82, 2.24) is 19.7 Å². The number of hydrogen-bond acceptors (Lipinski definition) is 5. The average molecular weight is 338 g/mol. The molecule has 106 valence electrons. The molecular formula is C13H16BrN5O. The van der Waals surface area contributed by atoms with Gasteiger partial charge in [0.1, 0.15) is 18.2 Å². The molecule has 0 spiro atoms. The molecule has 0 saturated carbocycles. The molecule has 0 amide bonds. The van der Waals surface area contributed by atoms with Crippen LogP contribution < -0.4 is 5.32 Å². The Hall–Kier alpha value is -1.47. The van der Waals surface area contributed by atoms with E-state index >= 15 is 0 Å². The van der Waals surface area contributed by atoms with Crippen molar-refractivity contribution in [3.05, 3.63) is 34.5 Å². The van der Waals surface area contributed by atoms with Crippen LogP contribution >= 0.6 is 15.9 Å². The summed E-state index contributed by atoms with van der Waals surface area (Å²) in [5.74, 6) is 0.794. The molecule has 3 rings (SSSR count). The minimum Gasteiger partial charge on any atom is -0.371 e. The van der Waals surface area contributed by atoms with Gasteiger partial charge >= 0.3 is 0 Å². The third-order valence-electron chi connectivity index (χ3n) is 3.44. The van der Waals surface area contributed by atoms with Gasteiger partial charge in [-0.25, -0.2) is 9.97 Å². The van der Waals surface area contributed by atoms with Crippen molar-refractivity contribution >= 4 is 21.7 Å². The summed E-state index contributed by atoms with van der Waals surface area (Å²) < 4.78 is 8.56. The Bertz CT molecular complexity index is 615. The maximum Gasteiger partial charge on any atom is 0.144 e. The molecule has 6 nitrogen and oxygen atoms in total. The molecule has 20 heavy (non-hydrogen) atoms. The highest BCUT2D eigenvalue weighted by atomic mass is 79.9. The van der Waals surface area contributed by atoms with Crippen LogP contribution in [-0.2, 0) is 11.8 Å². The molecule has 0 aliphatic carbocycles. The highest BCUT2D eigenvalue weighted by molar-refractivity contribution is 9.10. The van der Waals surface area contributed by atoms with Crippen LogP contribution in [0, 0.1) is 6.92 Å². The number of aromatic nitrogens is 4. The monoisotopic (exact) mass is 337 g/mol. The number of ether oxygens (including phenoxy) is 1. The van der Waals surface area contributed by atoms with Gasteiger partial charge in [-0.05, 0) is 29.3 Å². The summed E-state index contributed by atoms with van der Waals surface area (Å²) in [6, 6.07) is 0.184. The maximum atomic E-state index is 5.88. The first kappa shape index (κ1) is 13.5. The zero-order valence-electron chi connectivity index (χ0n) is 11.4. The van der Waals surface area contributed by atoms with Crippen LogP contribution in [0.2, 0.25) is 0 Å². The highest BCUT2D eigenvalue weighted by Crippen LogP contribution is 2.33.